The zero-order valence-corrected chi connectivity index (χ0v) is 21.1. The number of hydrogen-bond donors (Lipinski definition) is 1. The Morgan fingerprint density at radius 2 is 1.84 bits per heavy atom. The highest BCUT2D eigenvalue weighted by Gasteiger charge is 2.48. The number of piperazine rings is 1. The molecule has 0 unspecified atom stereocenters. The van der Waals surface area contributed by atoms with Crippen molar-refractivity contribution >= 4 is 17.9 Å². The van der Waals surface area contributed by atoms with E-state index in [4.69, 9.17) is 10.5 Å². The molecule has 38 heavy (non-hydrogen) atoms. The van der Waals surface area contributed by atoms with E-state index in [1.165, 1.54) is 22.8 Å². The molecule has 0 radical (unpaired) electrons. The first kappa shape index (κ1) is 27.4. The summed E-state index contributed by atoms with van der Waals surface area (Å²) in [6, 6.07) is 12.1. The maximum absolute atomic E-state index is 13.4. The van der Waals surface area contributed by atoms with E-state index >= 15 is 0 Å². The Morgan fingerprint density at radius 3 is 2.53 bits per heavy atom. The van der Waals surface area contributed by atoms with Gasteiger partial charge < -0.3 is 20.3 Å². The Labute approximate surface area is 219 Å². The van der Waals surface area contributed by atoms with Crippen LogP contribution in [0.4, 0.5) is 18.0 Å². The van der Waals surface area contributed by atoms with Crippen molar-refractivity contribution in [3.8, 4) is 0 Å². The number of rotatable bonds is 7. The second-order valence-electron chi connectivity index (χ2n) is 9.64. The molecule has 2 atom stereocenters. The van der Waals surface area contributed by atoms with Crippen LogP contribution in [0.3, 0.4) is 0 Å². The molecule has 2 fully saturated rings. The number of nitrogens with zero attached hydrogens (tertiary/aromatic N) is 3. The third-order valence-corrected chi connectivity index (χ3v) is 6.81. The van der Waals surface area contributed by atoms with Crippen LogP contribution in [0.1, 0.15) is 41.5 Å². The van der Waals surface area contributed by atoms with Crippen LogP contribution in [0.15, 0.2) is 48.5 Å². The van der Waals surface area contributed by atoms with E-state index < -0.39 is 30.0 Å². The summed E-state index contributed by atoms with van der Waals surface area (Å²) in [5.41, 5.74) is 6.38. The van der Waals surface area contributed by atoms with Crippen molar-refractivity contribution in [2.45, 2.75) is 57.7 Å². The minimum Gasteiger partial charge on any atom is -0.444 e. The summed E-state index contributed by atoms with van der Waals surface area (Å²) in [5, 5.41) is 0. The molecule has 8 nitrogen and oxygen atoms in total. The van der Waals surface area contributed by atoms with Crippen LogP contribution in [-0.2, 0) is 33.7 Å². The topological polar surface area (TPSA) is 96.2 Å². The number of amides is 3. The largest absolute Gasteiger partial charge is 0.444 e. The molecule has 11 heteroatoms. The van der Waals surface area contributed by atoms with Gasteiger partial charge in [-0.3, -0.25) is 14.5 Å². The Hall–Kier alpha value is -3.60. The van der Waals surface area contributed by atoms with Gasteiger partial charge in [0.2, 0.25) is 11.8 Å². The summed E-state index contributed by atoms with van der Waals surface area (Å²) in [6.45, 7) is 2.01. The lowest BCUT2D eigenvalue weighted by molar-refractivity contribution is -0.169. The fourth-order valence-electron chi connectivity index (χ4n) is 5.07. The minimum atomic E-state index is -4.52. The van der Waals surface area contributed by atoms with E-state index in [1.54, 1.807) is 4.90 Å². The highest BCUT2D eigenvalue weighted by Crippen LogP contribution is 2.32. The van der Waals surface area contributed by atoms with Crippen LogP contribution in [0.2, 0.25) is 0 Å². The maximum Gasteiger partial charge on any atom is 0.416 e. The zero-order valence-electron chi connectivity index (χ0n) is 21.1. The summed E-state index contributed by atoms with van der Waals surface area (Å²) in [6.07, 6.45) is -5.14. The van der Waals surface area contributed by atoms with Crippen LogP contribution in [0, 0.1) is 6.92 Å². The summed E-state index contributed by atoms with van der Waals surface area (Å²) >= 11 is 0. The molecule has 2 aliphatic heterocycles. The van der Waals surface area contributed by atoms with Gasteiger partial charge in [0, 0.05) is 19.5 Å². The Kier molecular flexibility index (Phi) is 8.25. The molecule has 3 amide bonds. The van der Waals surface area contributed by atoms with Crippen molar-refractivity contribution in [3.63, 3.8) is 0 Å². The molecule has 204 valence electrons. The second kappa shape index (κ2) is 11.4. The normalized spacial score (nSPS) is 20.0. The predicted molar refractivity (Wildman–Crippen MR) is 132 cm³/mol. The number of nitrogens with two attached hydrogens (primary N) is 1. The average molecular weight is 533 g/mol. The number of benzene rings is 2. The molecule has 2 saturated heterocycles. The molecular weight excluding hydrogens is 501 g/mol. The van der Waals surface area contributed by atoms with Crippen molar-refractivity contribution in [2.24, 2.45) is 5.73 Å². The van der Waals surface area contributed by atoms with Crippen LogP contribution in [-0.4, -0.2) is 64.4 Å². The van der Waals surface area contributed by atoms with E-state index in [0.717, 1.165) is 17.7 Å². The molecule has 0 bridgehead atoms. The van der Waals surface area contributed by atoms with Gasteiger partial charge in [-0.25, -0.2) is 4.79 Å². The number of carbonyl (C=O) groups is 3. The van der Waals surface area contributed by atoms with Crippen LogP contribution >= 0.6 is 0 Å². The van der Waals surface area contributed by atoms with Crippen LogP contribution in [0.5, 0.6) is 0 Å². The van der Waals surface area contributed by atoms with E-state index in [-0.39, 0.29) is 43.5 Å². The molecule has 0 spiro atoms. The summed E-state index contributed by atoms with van der Waals surface area (Å²) < 4.78 is 45.1. The minimum absolute atomic E-state index is 0.0133. The van der Waals surface area contributed by atoms with Gasteiger partial charge in [-0.15, -0.1) is 0 Å². The quantitative estimate of drug-likeness (QED) is 0.587. The standard InChI is InChI=1S/C27H31F3N4O4/c1-18-12-20(14-21(13-18)27(28,29)30)17-38-26(37)33-11-9-24(35)34-22(8-5-10-31)25(36)32(16-23(33)34)15-19-6-3-2-4-7-19/h2-4,6-7,12-14,22-23H,5,8-11,15-17,31H2,1H3/t22-,23+/m0/s1. The maximum atomic E-state index is 13.4. The molecule has 4 rings (SSSR count). The molecule has 2 aromatic rings. The number of carbonyl (C=O) groups excluding carboxylic acids is 3. The number of aryl methyl sites for hydroxylation is 1. The van der Waals surface area contributed by atoms with Crippen LogP contribution < -0.4 is 5.73 Å². The monoisotopic (exact) mass is 532 g/mol. The Balaban J connectivity index is 1.55. The van der Waals surface area contributed by atoms with Gasteiger partial charge in [-0.2, -0.15) is 13.2 Å². The Bertz CT molecular complexity index is 1170. The van der Waals surface area contributed by atoms with E-state index in [1.807, 2.05) is 30.3 Å². The van der Waals surface area contributed by atoms with E-state index in [0.29, 0.717) is 31.5 Å². The van der Waals surface area contributed by atoms with Crippen molar-refractivity contribution in [3.05, 3.63) is 70.8 Å². The first-order valence-electron chi connectivity index (χ1n) is 12.5. The van der Waals surface area contributed by atoms with Crippen molar-refractivity contribution in [1.82, 2.24) is 14.7 Å². The molecule has 0 aromatic heterocycles. The van der Waals surface area contributed by atoms with Crippen molar-refractivity contribution < 1.29 is 32.3 Å². The van der Waals surface area contributed by atoms with Crippen LogP contribution in [0.25, 0.3) is 0 Å². The lowest BCUT2D eigenvalue weighted by atomic mass is 9.99. The first-order chi connectivity index (χ1) is 18.1. The number of ether oxygens (including phenoxy) is 1. The lowest BCUT2D eigenvalue weighted by Gasteiger charge is -2.51. The predicted octanol–water partition coefficient (Wildman–Crippen LogP) is 3.66. The molecular formula is C27H31F3N4O4. The molecule has 0 saturated carbocycles. The SMILES string of the molecule is Cc1cc(COC(=O)N2CCC(=O)N3[C@@H]2CN(Cc2ccccc2)C(=O)[C@@H]3CCCN)cc(C(F)(F)F)c1. The van der Waals surface area contributed by atoms with Gasteiger partial charge in [0.25, 0.3) is 0 Å². The highest BCUT2D eigenvalue weighted by atomic mass is 19.4. The van der Waals surface area contributed by atoms with Gasteiger partial charge in [0.05, 0.1) is 12.1 Å². The summed E-state index contributed by atoms with van der Waals surface area (Å²) in [5.74, 6) is -0.441. The van der Waals surface area contributed by atoms with E-state index in [9.17, 15) is 27.6 Å². The van der Waals surface area contributed by atoms with Gasteiger partial charge in [0.1, 0.15) is 18.8 Å². The number of alkyl halides is 3. The fraction of sp³-hybridized carbons (Fsp3) is 0.444. The van der Waals surface area contributed by atoms with E-state index in [2.05, 4.69) is 0 Å². The smallest absolute Gasteiger partial charge is 0.416 e. The molecule has 2 aliphatic rings. The zero-order chi connectivity index (χ0) is 27.4. The molecule has 2 heterocycles. The first-order valence-corrected chi connectivity index (χ1v) is 12.5. The fourth-order valence-corrected chi connectivity index (χ4v) is 5.07. The number of hydrogen-bond acceptors (Lipinski definition) is 5. The van der Waals surface area contributed by atoms with Gasteiger partial charge in [-0.1, -0.05) is 42.0 Å². The third kappa shape index (κ3) is 6.09. The van der Waals surface area contributed by atoms with Crippen molar-refractivity contribution in [1.29, 1.82) is 0 Å². The summed E-state index contributed by atoms with van der Waals surface area (Å²) in [4.78, 5) is 44.1. The van der Waals surface area contributed by atoms with Gasteiger partial charge in [0.15, 0.2) is 0 Å². The highest BCUT2D eigenvalue weighted by molar-refractivity contribution is 5.90. The van der Waals surface area contributed by atoms with Gasteiger partial charge in [-0.05, 0) is 49.6 Å². The second-order valence-corrected chi connectivity index (χ2v) is 9.64. The Morgan fingerprint density at radius 1 is 1.11 bits per heavy atom. The lowest BCUT2D eigenvalue weighted by Crippen LogP contribution is -2.71. The van der Waals surface area contributed by atoms with Gasteiger partial charge >= 0.3 is 12.3 Å². The number of fused-ring (bicyclic) bond motifs is 1. The molecule has 2 N–H and O–H groups in total. The third-order valence-electron chi connectivity index (χ3n) is 6.81. The average Bonchev–Trinajstić information content (AvgIpc) is 2.87. The molecule has 0 aliphatic carbocycles. The number of halogens is 3. The van der Waals surface area contributed by atoms with Crippen molar-refractivity contribution in [2.75, 3.05) is 19.6 Å². The summed E-state index contributed by atoms with van der Waals surface area (Å²) in [7, 11) is 0. The molecule has 2 aromatic carbocycles.